The van der Waals surface area contributed by atoms with Crippen LogP contribution in [0.15, 0.2) is 47.5 Å². The predicted octanol–water partition coefficient (Wildman–Crippen LogP) is 4.07. The highest BCUT2D eigenvalue weighted by molar-refractivity contribution is 6.05. The van der Waals surface area contributed by atoms with E-state index < -0.39 is 24.1 Å². The molecule has 0 radical (unpaired) electrons. The van der Waals surface area contributed by atoms with Gasteiger partial charge in [0.15, 0.2) is 0 Å². The first-order chi connectivity index (χ1) is 12.1. The van der Waals surface area contributed by atoms with Crippen LogP contribution in [0.4, 0.5) is 9.59 Å². The molecule has 6 heteroatoms. The quantitative estimate of drug-likeness (QED) is 0.828. The third kappa shape index (κ3) is 2.85. The monoisotopic (exact) mass is 335 g/mol. The van der Waals surface area contributed by atoms with E-state index >= 15 is 0 Å². The summed E-state index contributed by atoms with van der Waals surface area (Å²) in [6.45, 7) is 3.42. The van der Waals surface area contributed by atoms with Crippen LogP contribution in [0.5, 0.6) is 0 Å². The molecule has 0 aromatic heterocycles. The van der Waals surface area contributed by atoms with Crippen LogP contribution in [-0.2, 0) is 4.74 Å². The number of carbonyl (C=O) groups excluding carboxylic acids is 2. The number of amides is 3. The zero-order valence-corrected chi connectivity index (χ0v) is 14.0. The summed E-state index contributed by atoms with van der Waals surface area (Å²) >= 11 is 0. The van der Waals surface area contributed by atoms with Gasteiger partial charge in [-0.05, 0) is 30.2 Å². The Morgan fingerprint density at radius 1 is 1.28 bits per heavy atom. The van der Waals surface area contributed by atoms with E-state index in [-0.39, 0.29) is 6.61 Å². The van der Waals surface area contributed by atoms with Gasteiger partial charge < -0.3 is 4.74 Å². The Bertz CT molecular complexity index is 908. The van der Waals surface area contributed by atoms with Gasteiger partial charge in [-0.1, -0.05) is 42.5 Å². The molecule has 1 heterocycles. The topological polar surface area (TPSA) is 82.8 Å². The Labute approximate surface area is 145 Å². The lowest BCUT2D eigenvalue weighted by Gasteiger charge is -2.35. The average Bonchev–Trinajstić information content (AvgIpc) is 2.60. The second-order valence-electron chi connectivity index (χ2n) is 5.72. The molecule has 3 amide bonds. The summed E-state index contributed by atoms with van der Waals surface area (Å²) in [7, 11) is 0. The largest absolute Gasteiger partial charge is 0.449 e. The van der Waals surface area contributed by atoms with Crippen molar-refractivity contribution in [3.05, 3.63) is 48.0 Å². The van der Waals surface area contributed by atoms with Crippen molar-refractivity contribution in [1.82, 2.24) is 4.90 Å². The molecule has 1 aliphatic rings. The van der Waals surface area contributed by atoms with E-state index in [0.717, 1.165) is 21.2 Å². The zero-order chi connectivity index (χ0) is 18.0. The summed E-state index contributed by atoms with van der Waals surface area (Å²) in [5, 5.41) is 11.5. The number of fused-ring (bicyclic) bond motifs is 1. The van der Waals surface area contributed by atoms with Crippen LogP contribution in [0.1, 0.15) is 25.5 Å². The minimum Gasteiger partial charge on any atom is -0.449 e. The Kier molecular flexibility index (Phi) is 4.48. The summed E-state index contributed by atoms with van der Waals surface area (Å²) in [4.78, 5) is 29.6. The van der Waals surface area contributed by atoms with Gasteiger partial charge in [-0.3, -0.25) is 0 Å². The first-order valence-electron chi connectivity index (χ1n) is 8.01. The van der Waals surface area contributed by atoms with E-state index in [0.29, 0.717) is 5.71 Å². The molecular weight excluding hydrogens is 318 g/mol. The molecule has 25 heavy (non-hydrogen) atoms. The van der Waals surface area contributed by atoms with Gasteiger partial charge in [0.1, 0.15) is 5.92 Å². The maximum atomic E-state index is 12.4. The van der Waals surface area contributed by atoms with Crippen molar-refractivity contribution in [2.75, 3.05) is 6.61 Å². The number of carbonyl (C=O) groups is 2. The van der Waals surface area contributed by atoms with E-state index in [4.69, 9.17) is 4.74 Å². The van der Waals surface area contributed by atoms with Crippen molar-refractivity contribution in [2.24, 2.45) is 10.9 Å². The first-order valence-corrected chi connectivity index (χ1v) is 8.01. The molecule has 2 aromatic rings. The number of hydrogen-bond acceptors (Lipinski definition) is 4. The Hall–Kier alpha value is -3.20. The molecule has 3 rings (SSSR count). The fraction of sp³-hybridized carbons (Fsp3) is 0.263. The third-order valence-corrected chi connectivity index (χ3v) is 4.27. The van der Waals surface area contributed by atoms with Gasteiger partial charge in [-0.15, -0.1) is 0 Å². The molecule has 2 aromatic carbocycles. The summed E-state index contributed by atoms with van der Waals surface area (Å²) in [6.07, 6.45) is -0.790. The lowest BCUT2D eigenvalue weighted by Crippen LogP contribution is -2.47. The molecule has 0 bridgehead atoms. The maximum absolute atomic E-state index is 12.4. The Balaban J connectivity index is 2.23. The highest BCUT2D eigenvalue weighted by Gasteiger charge is 2.43. The van der Waals surface area contributed by atoms with E-state index in [1.54, 1.807) is 13.8 Å². The molecule has 0 saturated carbocycles. The molecule has 0 N–H and O–H groups in total. The molecule has 1 aliphatic heterocycles. The van der Waals surface area contributed by atoms with Gasteiger partial charge in [0.25, 0.3) is 0 Å². The molecule has 0 fully saturated rings. The lowest BCUT2D eigenvalue weighted by molar-refractivity contribution is 0.0984. The third-order valence-electron chi connectivity index (χ3n) is 4.27. The number of ether oxygens (including phenoxy) is 1. The first kappa shape index (κ1) is 16.7. The van der Waals surface area contributed by atoms with Crippen molar-refractivity contribution < 1.29 is 14.3 Å². The normalized spacial score (nSPS) is 20.1. The van der Waals surface area contributed by atoms with Gasteiger partial charge in [0.2, 0.25) is 0 Å². The number of nitrogens with zero attached hydrogens (tertiary/aromatic N) is 3. The molecule has 0 aliphatic carbocycles. The van der Waals surface area contributed by atoms with E-state index in [1.807, 2.05) is 42.5 Å². The van der Waals surface area contributed by atoms with Crippen molar-refractivity contribution in [2.45, 2.75) is 19.9 Å². The molecule has 0 saturated heterocycles. The van der Waals surface area contributed by atoms with Crippen LogP contribution < -0.4 is 0 Å². The Morgan fingerprint density at radius 3 is 2.72 bits per heavy atom. The molecule has 2 unspecified atom stereocenters. The van der Waals surface area contributed by atoms with Gasteiger partial charge >= 0.3 is 12.1 Å². The van der Waals surface area contributed by atoms with Crippen molar-refractivity contribution >= 4 is 28.6 Å². The average molecular weight is 335 g/mol. The zero-order valence-electron chi connectivity index (χ0n) is 14.0. The number of rotatable bonds is 2. The SMILES string of the molecule is CCOC(=O)N1C(=O)N=C(C)C(C#N)C1c1cccc2ccccc12. The number of nitriles is 1. The molecule has 2 atom stereocenters. The lowest BCUT2D eigenvalue weighted by atomic mass is 9.86. The minimum atomic E-state index is -0.790. The summed E-state index contributed by atoms with van der Waals surface area (Å²) in [6, 6.07) is 14.0. The predicted molar refractivity (Wildman–Crippen MR) is 93.2 cm³/mol. The standard InChI is InChI=1S/C19H17N3O3/c1-3-25-19(24)22-17(16(11-20)12(2)21-18(22)23)15-10-6-8-13-7-4-5-9-14(13)15/h4-10,16-17H,3H2,1-2H3. The second kappa shape index (κ2) is 6.73. The van der Waals surface area contributed by atoms with Crippen LogP contribution in [0.3, 0.4) is 0 Å². The summed E-state index contributed by atoms with van der Waals surface area (Å²) in [5.74, 6) is -0.729. The maximum Gasteiger partial charge on any atom is 0.418 e. The second-order valence-corrected chi connectivity index (χ2v) is 5.72. The highest BCUT2D eigenvalue weighted by atomic mass is 16.6. The van der Waals surface area contributed by atoms with E-state index in [9.17, 15) is 14.9 Å². The van der Waals surface area contributed by atoms with Gasteiger partial charge in [0, 0.05) is 5.71 Å². The van der Waals surface area contributed by atoms with Crippen LogP contribution in [0.2, 0.25) is 0 Å². The van der Waals surface area contributed by atoms with Crippen LogP contribution >= 0.6 is 0 Å². The summed E-state index contributed by atoms with van der Waals surface area (Å²) in [5.41, 5.74) is 1.12. The van der Waals surface area contributed by atoms with Crippen molar-refractivity contribution in [3.8, 4) is 6.07 Å². The molecule has 6 nitrogen and oxygen atoms in total. The van der Waals surface area contributed by atoms with Crippen LogP contribution in [0, 0.1) is 17.2 Å². The molecule has 126 valence electrons. The van der Waals surface area contributed by atoms with Gasteiger partial charge in [0.05, 0.1) is 18.7 Å². The van der Waals surface area contributed by atoms with Gasteiger partial charge in [-0.2, -0.15) is 5.26 Å². The Morgan fingerprint density at radius 2 is 2.00 bits per heavy atom. The van der Waals surface area contributed by atoms with Crippen LogP contribution in [-0.4, -0.2) is 29.3 Å². The fourth-order valence-electron chi connectivity index (χ4n) is 3.15. The number of urea groups is 1. The van der Waals surface area contributed by atoms with E-state index in [2.05, 4.69) is 11.1 Å². The molecular formula is C19H17N3O3. The minimum absolute atomic E-state index is 0.130. The fourth-order valence-corrected chi connectivity index (χ4v) is 3.15. The van der Waals surface area contributed by atoms with E-state index in [1.165, 1.54) is 0 Å². The molecule has 0 spiro atoms. The van der Waals surface area contributed by atoms with Crippen molar-refractivity contribution in [1.29, 1.82) is 5.26 Å². The summed E-state index contributed by atoms with van der Waals surface area (Å²) < 4.78 is 5.03. The number of benzene rings is 2. The van der Waals surface area contributed by atoms with Crippen LogP contribution in [0.25, 0.3) is 10.8 Å². The highest BCUT2D eigenvalue weighted by Crippen LogP contribution is 2.37. The number of hydrogen-bond donors (Lipinski definition) is 0. The van der Waals surface area contributed by atoms with Crippen molar-refractivity contribution in [3.63, 3.8) is 0 Å². The number of imide groups is 1. The van der Waals surface area contributed by atoms with Gasteiger partial charge in [-0.25, -0.2) is 19.5 Å². The number of aliphatic imine (C=N–C) groups is 1. The smallest absolute Gasteiger partial charge is 0.418 e.